The van der Waals surface area contributed by atoms with Crippen LogP contribution in [0.5, 0.6) is 0 Å². The van der Waals surface area contributed by atoms with Gasteiger partial charge in [-0.1, -0.05) is 0 Å². The van der Waals surface area contributed by atoms with Crippen LogP contribution in [0.1, 0.15) is 27.7 Å². The summed E-state index contributed by atoms with van der Waals surface area (Å²) >= 11 is 0. The Balaban J connectivity index is 4.69. The maximum absolute atomic E-state index is 11.1. The number of hydrogen-bond donors (Lipinski definition) is 1. The van der Waals surface area contributed by atoms with Crippen LogP contribution in [0, 0.1) is 0 Å². The van der Waals surface area contributed by atoms with Crippen molar-refractivity contribution in [3.05, 3.63) is 0 Å². The highest BCUT2D eigenvalue weighted by molar-refractivity contribution is 5.93. The number of nitrogens with zero attached hydrogens (tertiary/aromatic N) is 2. The Morgan fingerprint density at radius 1 is 1.07 bits per heavy atom. The molecule has 0 fully saturated rings. The van der Waals surface area contributed by atoms with Gasteiger partial charge in [0.2, 0.25) is 17.7 Å². The number of rotatable bonds is 3. The van der Waals surface area contributed by atoms with Gasteiger partial charge in [0.1, 0.15) is 12.9 Å². The summed E-state index contributed by atoms with van der Waals surface area (Å²) in [5.74, 6) is -1.33. The smallest absolute Gasteiger partial charge is 0.227 e. The fraction of sp³-hybridized carbons (Fsp3) is 0.667. The van der Waals surface area contributed by atoms with Crippen molar-refractivity contribution in [3.63, 3.8) is 0 Å². The van der Waals surface area contributed by atoms with E-state index in [9.17, 15) is 19.5 Å². The Hall–Kier alpha value is -1.43. The molecule has 0 saturated heterocycles. The van der Waals surface area contributed by atoms with E-state index < -0.39 is 23.9 Å². The first-order valence-electron chi connectivity index (χ1n) is 4.51. The van der Waals surface area contributed by atoms with Gasteiger partial charge in [0.05, 0.1) is 0 Å². The van der Waals surface area contributed by atoms with Gasteiger partial charge in [-0.15, -0.1) is 0 Å². The van der Waals surface area contributed by atoms with Crippen LogP contribution >= 0.6 is 0 Å². The van der Waals surface area contributed by atoms with Crippen molar-refractivity contribution in [2.24, 2.45) is 0 Å². The van der Waals surface area contributed by atoms with E-state index in [1.807, 2.05) is 0 Å². The zero-order valence-electron chi connectivity index (χ0n) is 9.35. The molecule has 6 heteroatoms. The zero-order chi connectivity index (χ0) is 12.2. The molecule has 0 aliphatic heterocycles. The zero-order valence-corrected chi connectivity index (χ0v) is 9.35. The van der Waals surface area contributed by atoms with E-state index in [1.165, 1.54) is 27.7 Å². The summed E-state index contributed by atoms with van der Waals surface area (Å²) in [4.78, 5) is 35.1. The standard InChI is InChI=1S/C9H16N2O4/c1-6(12)10(7(2)13)5-11(8(3)14)9(4)15/h6,12H,5H2,1-4H3. The van der Waals surface area contributed by atoms with Crippen LogP contribution in [0.3, 0.4) is 0 Å². The molecule has 6 nitrogen and oxygen atoms in total. The SMILES string of the molecule is CC(=O)N(CN(C(C)=O)C(C)O)C(C)=O. The molecule has 0 aromatic rings. The highest BCUT2D eigenvalue weighted by Gasteiger charge is 2.21. The lowest BCUT2D eigenvalue weighted by Gasteiger charge is -2.29. The second-order valence-corrected chi connectivity index (χ2v) is 3.23. The lowest BCUT2D eigenvalue weighted by atomic mass is 10.4. The van der Waals surface area contributed by atoms with Crippen molar-refractivity contribution < 1.29 is 19.5 Å². The van der Waals surface area contributed by atoms with Crippen LogP contribution in [0.15, 0.2) is 0 Å². The molecule has 0 aromatic heterocycles. The molecule has 0 saturated carbocycles. The van der Waals surface area contributed by atoms with Crippen LogP contribution in [-0.2, 0) is 14.4 Å². The molecule has 86 valence electrons. The molecular formula is C9H16N2O4. The van der Waals surface area contributed by atoms with Crippen molar-refractivity contribution in [1.29, 1.82) is 0 Å². The fourth-order valence-electron chi connectivity index (χ4n) is 1.05. The minimum absolute atomic E-state index is 0.225. The Bertz CT molecular complexity index is 261. The number of hydrogen-bond acceptors (Lipinski definition) is 4. The first-order chi connectivity index (χ1) is 6.77. The van der Waals surface area contributed by atoms with Crippen LogP contribution in [-0.4, -0.2) is 45.5 Å². The fourth-order valence-corrected chi connectivity index (χ4v) is 1.05. The number of aliphatic hydroxyl groups is 1. The summed E-state index contributed by atoms with van der Waals surface area (Å²) < 4.78 is 0. The Kier molecular flexibility index (Phi) is 4.93. The molecule has 0 heterocycles. The van der Waals surface area contributed by atoms with Gasteiger partial charge in [0.25, 0.3) is 0 Å². The van der Waals surface area contributed by atoms with E-state index in [1.54, 1.807) is 0 Å². The lowest BCUT2D eigenvalue weighted by Crippen LogP contribution is -2.48. The molecule has 15 heavy (non-hydrogen) atoms. The third kappa shape index (κ3) is 4.07. The van der Waals surface area contributed by atoms with Crippen molar-refractivity contribution in [1.82, 2.24) is 9.80 Å². The number of imide groups is 1. The average molecular weight is 216 g/mol. The first-order valence-corrected chi connectivity index (χ1v) is 4.51. The van der Waals surface area contributed by atoms with Gasteiger partial charge in [0, 0.05) is 20.8 Å². The van der Waals surface area contributed by atoms with Crippen molar-refractivity contribution in [2.45, 2.75) is 33.9 Å². The number of carbonyl (C=O) groups is 3. The minimum atomic E-state index is -1.04. The van der Waals surface area contributed by atoms with E-state index in [-0.39, 0.29) is 6.67 Å². The van der Waals surface area contributed by atoms with Gasteiger partial charge >= 0.3 is 0 Å². The molecule has 3 amide bonds. The Morgan fingerprint density at radius 2 is 1.47 bits per heavy atom. The molecule has 0 aromatic carbocycles. The summed E-state index contributed by atoms with van der Waals surface area (Å²) in [6.07, 6.45) is -1.04. The normalized spacial score (nSPS) is 11.8. The summed E-state index contributed by atoms with van der Waals surface area (Å²) in [5.41, 5.74) is 0. The summed E-state index contributed by atoms with van der Waals surface area (Å²) in [7, 11) is 0. The molecule has 0 bridgehead atoms. The van der Waals surface area contributed by atoms with Crippen LogP contribution in [0.25, 0.3) is 0 Å². The number of carbonyl (C=O) groups excluding carboxylic acids is 3. The topological polar surface area (TPSA) is 77.9 Å². The van der Waals surface area contributed by atoms with Crippen molar-refractivity contribution >= 4 is 17.7 Å². The van der Waals surface area contributed by atoms with Gasteiger partial charge < -0.3 is 5.11 Å². The number of amides is 3. The quantitative estimate of drug-likeness (QED) is 0.647. The van der Waals surface area contributed by atoms with Gasteiger partial charge in [-0.2, -0.15) is 0 Å². The Labute approximate surface area is 88.5 Å². The van der Waals surface area contributed by atoms with E-state index in [4.69, 9.17) is 0 Å². The predicted octanol–water partition coefficient (Wildman–Crippen LogP) is -0.474. The largest absolute Gasteiger partial charge is 0.374 e. The van der Waals surface area contributed by atoms with E-state index in [0.717, 1.165) is 9.80 Å². The van der Waals surface area contributed by atoms with Crippen LogP contribution in [0.2, 0.25) is 0 Å². The van der Waals surface area contributed by atoms with Gasteiger partial charge in [-0.05, 0) is 6.92 Å². The maximum atomic E-state index is 11.1. The molecule has 0 spiro atoms. The molecule has 0 aliphatic carbocycles. The molecule has 1 N–H and O–H groups in total. The molecule has 1 unspecified atom stereocenters. The minimum Gasteiger partial charge on any atom is -0.374 e. The highest BCUT2D eigenvalue weighted by Crippen LogP contribution is 2.01. The summed E-state index contributed by atoms with van der Waals surface area (Å²) in [6, 6.07) is 0. The lowest BCUT2D eigenvalue weighted by molar-refractivity contribution is -0.152. The predicted molar refractivity (Wildman–Crippen MR) is 52.3 cm³/mol. The molecule has 0 radical (unpaired) electrons. The van der Waals surface area contributed by atoms with Crippen LogP contribution < -0.4 is 0 Å². The molecular weight excluding hydrogens is 200 g/mol. The average Bonchev–Trinajstić information content (AvgIpc) is 2.01. The third-order valence-corrected chi connectivity index (χ3v) is 1.91. The molecule has 0 aliphatic rings. The Morgan fingerprint density at radius 3 is 1.67 bits per heavy atom. The first kappa shape index (κ1) is 13.6. The molecule has 0 rings (SSSR count). The number of aliphatic hydroxyl groups excluding tert-OH is 1. The van der Waals surface area contributed by atoms with Gasteiger partial charge in [-0.25, -0.2) is 0 Å². The second-order valence-electron chi connectivity index (χ2n) is 3.23. The van der Waals surface area contributed by atoms with E-state index in [0.29, 0.717) is 0 Å². The third-order valence-electron chi connectivity index (χ3n) is 1.91. The summed E-state index contributed by atoms with van der Waals surface area (Å²) in [6.45, 7) is 4.87. The van der Waals surface area contributed by atoms with E-state index in [2.05, 4.69) is 0 Å². The molecule has 1 atom stereocenters. The van der Waals surface area contributed by atoms with Crippen LogP contribution in [0.4, 0.5) is 0 Å². The monoisotopic (exact) mass is 216 g/mol. The van der Waals surface area contributed by atoms with E-state index >= 15 is 0 Å². The van der Waals surface area contributed by atoms with Gasteiger partial charge in [0.15, 0.2) is 0 Å². The maximum Gasteiger partial charge on any atom is 0.227 e. The van der Waals surface area contributed by atoms with Crippen molar-refractivity contribution in [3.8, 4) is 0 Å². The summed E-state index contributed by atoms with van der Waals surface area (Å²) in [5, 5.41) is 9.25. The van der Waals surface area contributed by atoms with Crippen molar-refractivity contribution in [2.75, 3.05) is 6.67 Å². The highest BCUT2D eigenvalue weighted by atomic mass is 16.3. The second kappa shape index (κ2) is 5.45. The van der Waals surface area contributed by atoms with Gasteiger partial charge in [-0.3, -0.25) is 24.2 Å².